The molecule has 0 aliphatic heterocycles. The van der Waals surface area contributed by atoms with E-state index in [-0.39, 0.29) is 0 Å². The number of amides is 1. The Hall–Kier alpha value is -2.18. The molecule has 74 valence electrons. The predicted octanol–water partition coefficient (Wildman–Crippen LogP) is 1.19. The Balaban J connectivity index is 3.15. The molecule has 0 spiro atoms. The van der Waals surface area contributed by atoms with Gasteiger partial charge in [-0.05, 0) is 6.07 Å². The number of nitro groups is 1. The Kier molecular flexibility index (Phi) is 2.61. The summed E-state index contributed by atoms with van der Waals surface area (Å²) in [6, 6.07) is 2.47. The highest BCUT2D eigenvalue weighted by atomic mass is 19.1. The van der Waals surface area contributed by atoms with E-state index in [0.29, 0.717) is 6.07 Å². The molecule has 14 heavy (non-hydrogen) atoms. The number of hydrogen-bond acceptors (Lipinski definition) is 4. The van der Waals surface area contributed by atoms with E-state index in [4.69, 9.17) is 0 Å². The largest absolute Gasteiger partial charge is 0.410 e. The molecule has 0 saturated carbocycles. The first-order chi connectivity index (χ1) is 6.50. The molecule has 0 heterocycles. The van der Waals surface area contributed by atoms with Crippen molar-refractivity contribution in [3.8, 4) is 5.75 Å². The molecule has 1 amide bonds. The van der Waals surface area contributed by atoms with Crippen LogP contribution in [0.5, 0.6) is 5.75 Å². The van der Waals surface area contributed by atoms with Crippen molar-refractivity contribution >= 4 is 11.8 Å². The maximum Gasteiger partial charge on any atom is 0.410 e. The van der Waals surface area contributed by atoms with E-state index >= 15 is 0 Å². The molecular formula is C7H5FN2O4. The smallest absolute Gasteiger partial charge is 0.403 e. The minimum atomic E-state index is -1.24. The van der Waals surface area contributed by atoms with Crippen LogP contribution in [0.3, 0.4) is 0 Å². The summed E-state index contributed by atoms with van der Waals surface area (Å²) in [5.74, 6) is -1.27. The van der Waals surface area contributed by atoms with Crippen molar-refractivity contribution in [3.63, 3.8) is 0 Å². The topological polar surface area (TPSA) is 95.5 Å². The van der Waals surface area contributed by atoms with E-state index in [2.05, 4.69) is 10.5 Å². The second-order valence-corrected chi connectivity index (χ2v) is 2.29. The van der Waals surface area contributed by atoms with Gasteiger partial charge in [-0.1, -0.05) is 0 Å². The Morgan fingerprint density at radius 1 is 1.57 bits per heavy atom. The number of carbonyl (C=O) groups is 1. The van der Waals surface area contributed by atoms with Crippen molar-refractivity contribution in [2.24, 2.45) is 5.73 Å². The summed E-state index contributed by atoms with van der Waals surface area (Å²) in [7, 11) is 0. The van der Waals surface area contributed by atoms with Crippen LogP contribution in [0.4, 0.5) is 14.9 Å². The third-order valence-electron chi connectivity index (χ3n) is 1.33. The molecule has 0 saturated heterocycles. The molecule has 0 aliphatic carbocycles. The van der Waals surface area contributed by atoms with Crippen molar-refractivity contribution in [2.45, 2.75) is 0 Å². The Bertz CT molecular complexity index is 393. The molecule has 0 aliphatic rings. The fraction of sp³-hybridized carbons (Fsp3) is 0. The molecule has 0 bridgehead atoms. The summed E-state index contributed by atoms with van der Waals surface area (Å²) in [6.45, 7) is 0. The van der Waals surface area contributed by atoms with Crippen molar-refractivity contribution in [1.29, 1.82) is 0 Å². The van der Waals surface area contributed by atoms with Crippen LogP contribution >= 0.6 is 0 Å². The van der Waals surface area contributed by atoms with Crippen LogP contribution in [0.25, 0.3) is 0 Å². The van der Waals surface area contributed by atoms with Crippen LogP contribution in [-0.4, -0.2) is 11.0 Å². The Morgan fingerprint density at radius 3 is 2.71 bits per heavy atom. The first-order valence-electron chi connectivity index (χ1n) is 3.42. The number of carbonyl (C=O) groups excluding carboxylic acids is 1. The van der Waals surface area contributed by atoms with E-state index < -0.39 is 28.3 Å². The highest BCUT2D eigenvalue weighted by Gasteiger charge is 2.17. The zero-order valence-electron chi connectivity index (χ0n) is 6.77. The second-order valence-electron chi connectivity index (χ2n) is 2.29. The first-order valence-corrected chi connectivity index (χ1v) is 3.42. The third kappa shape index (κ3) is 2.16. The van der Waals surface area contributed by atoms with Crippen LogP contribution in [0, 0.1) is 15.9 Å². The molecule has 0 aromatic heterocycles. The van der Waals surface area contributed by atoms with Gasteiger partial charge in [0.15, 0.2) is 0 Å². The molecule has 0 atom stereocenters. The van der Waals surface area contributed by atoms with Crippen LogP contribution < -0.4 is 10.5 Å². The SMILES string of the molecule is NC(=O)Oc1cc(F)ccc1[N+](=O)[O-]. The van der Waals surface area contributed by atoms with Gasteiger partial charge in [0.1, 0.15) is 5.82 Å². The average molecular weight is 200 g/mol. The fourth-order valence-corrected chi connectivity index (χ4v) is 0.829. The quantitative estimate of drug-likeness (QED) is 0.572. The number of ether oxygens (including phenoxy) is 1. The maximum atomic E-state index is 12.6. The lowest BCUT2D eigenvalue weighted by atomic mass is 10.3. The monoisotopic (exact) mass is 200 g/mol. The van der Waals surface area contributed by atoms with Gasteiger partial charge in [0, 0.05) is 12.1 Å². The highest BCUT2D eigenvalue weighted by Crippen LogP contribution is 2.27. The van der Waals surface area contributed by atoms with Crippen molar-refractivity contribution in [2.75, 3.05) is 0 Å². The van der Waals surface area contributed by atoms with Crippen molar-refractivity contribution < 1.29 is 18.8 Å². The lowest BCUT2D eigenvalue weighted by Crippen LogP contribution is -2.17. The van der Waals surface area contributed by atoms with Gasteiger partial charge < -0.3 is 10.5 Å². The lowest BCUT2D eigenvalue weighted by Gasteiger charge is -2.01. The van der Waals surface area contributed by atoms with Crippen molar-refractivity contribution in [3.05, 3.63) is 34.1 Å². The summed E-state index contributed by atoms with van der Waals surface area (Å²) in [5.41, 5.74) is 4.11. The first kappa shape index (κ1) is 9.90. The number of hydrogen-bond donors (Lipinski definition) is 1. The van der Waals surface area contributed by atoms with Gasteiger partial charge >= 0.3 is 11.8 Å². The number of benzene rings is 1. The predicted molar refractivity (Wildman–Crippen MR) is 43.3 cm³/mol. The van der Waals surface area contributed by atoms with Gasteiger partial charge in [0.05, 0.1) is 4.92 Å². The fourth-order valence-electron chi connectivity index (χ4n) is 0.829. The standard InChI is InChI=1S/C7H5FN2O4/c8-4-1-2-5(10(12)13)6(3-4)14-7(9)11/h1-3H,(H2,9,11). The summed E-state index contributed by atoms with van der Waals surface area (Å²) in [5, 5.41) is 10.4. The van der Waals surface area contributed by atoms with E-state index in [1.807, 2.05) is 0 Å². The summed E-state index contributed by atoms with van der Waals surface area (Å²) >= 11 is 0. The van der Waals surface area contributed by atoms with E-state index in [9.17, 15) is 19.3 Å². The molecule has 1 rings (SSSR count). The molecule has 0 radical (unpaired) electrons. The highest BCUT2D eigenvalue weighted by molar-refractivity contribution is 5.70. The molecule has 6 nitrogen and oxygen atoms in total. The Morgan fingerprint density at radius 2 is 2.21 bits per heavy atom. The average Bonchev–Trinajstić information content (AvgIpc) is 2.01. The van der Waals surface area contributed by atoms with Gasteiger partial charge in [-0.2, -0.15) is 0 Å². The minimum Gasteiger partial charge on any atom is -0.403 e. The van der Waals surface area contributed by atoms with Crippen LogP contribution in [0.2, 0.25) is 0 Å². The van der Waals surface area contributed by atoms with E-state index in [0.717, 1.165) is 12.1 Å². The molecule has 0 unspecified atom stereocenters. The van der Waals surface area contributed by atoms with Gasteiger partial charge in [0.2, 0.25) is 5.75 Å². The molecule has 2 N–H and O–H groups in total. The van der Waals surface area contributed by atoms with Gasteiger partial charge in [-0.15, -0.1) is 0 Å². The van der Waals surface area contributed by atoms with Gasteiger partial charge in [0.25, 0.3) is 0 Å². The summed E-state index contributed by atoms with van der Waals surface area (Å²) < 4.78 is 16.9. The third-order valence-corrected chi connectivity index (χ3v) is 1.33. The lowest BCUT2D eigenvalue weighted by molar-refractivity contribution is -0.385. The van der Waals surface area contributed by atoms with E-state index in [1.165, 1.54) is 0 Å². The van der Waals surface area contributed by atoms with E-state index in [1.54, 1.807) is 0 Å². The minimum absolute atomic E-state index is 0.512. The molecule has 1 aromatic rings. The molecule has 0 fully saturated rings. The van der Waals surface area contributed by atoms with Crippen LogP contribution in [0.15, 0.2) is 18.2 Å². The number of primary amides is 1. The number of rotatable bonds is 2. The van der Waals surface area contributed by atoms with Gasteiger partial charge in [-0.3, -0.25) is 10.1 Å². The molecular weight excluding hydrogens is 195 g/mol. The number of nitrogens with zero attached hydrogens (tertiary/aromatic N) is 1. The van der Waals surface area contributed by atoms with Crippen LogP contribution in [0.1, 0.15) is 0 Å². The normalized spacial score (nSPS) is 9.50. The number of halogens is 1. The van der Waals surface area contributed by atoms with Gasteiger partial charge in [-0.25, -0.2) is 9.18 Å². The zero-order chi connectivity index (χ0) is 10.7. The second kappa shape index (κ2) is 3.69. The summed E-state index contributed by atoms with van der Waals surface area (Å²) in [6.07, 6.45) is -1.24. The molecule has 1 aromatic carbocycles. The summed E-state index contributed by atoms with van der Waals surface area (Å²) in [4.78, 5) is 19.9. The maximum absolute atomic E-state index is 12.6. The van der Waals surface area contributed by atoms with Crippen LogP contribution in [-0.2, 0) is 0 Å². The molecule has 7 heteroatoms. The zero-order valence-corrected chi connectivity index (χ0v) is 6.77. The Labute approximate surface area is 77.2 Å². The van der Waals surface area contributed by atoms with Crippen molar-refractivity contribution in [1.82, 2.24) is 0 Å². The number of nitrogens with two attached hydrogens (primary N) is 1. The number of nitro benzene ring substituents is 1.